The van der Waals surface area contributed by atoms with Crippen LogP contribution in [0.3, 0.4) is 0 Å². The summed E-state index contributed by atoms with van der Waals surface area (Å²) in [6, 6.07) is 0. The van der Waals surface area contributed by atoms with Crippen LogP contribution < -0.4 is 0 Å². The first-order valence-electron chi connectivity index (χ1n) is 5.56. The average molecular weight is 190 g/mol. The molecule has 0 aromatic rings. The van der Waals surface area contributed by atoms with Crippen LogP contribution in [0.15, 0.2) is 0 Å². The fourth-order valence-electron chi connectivity index (χ4n) is 1.37. The molecule has 0 saturated heterocycles. The van der Waals surface area contributed by atoms with Crippen molar-refractivity contribution >= 4 is 0 Å². The van der Waals surface area contributed by atoms with E-state index in [1.165, 1.54) is 32.1 Å². The van der Waals surface area contributed by atoms with Crippen LogP contribution in [0.25, 0.3) is 0 Å². The minimum absolute atomic E-state index is 0.250. The van der Waals surface area contributed by atoms with Gasteiger partial charge in [-0.1, -0.05) is 33.1 Å². The first kappa shape index (κ1) is 15.4. The first-order valence-corrected chi connectivity index (χ1v) is 5.56. The molecule has 2 heteroatoms. The van der Waals surface area contributed by atoms with Crippen molar-refractivity contribution in [3.63, 3.8) is 0 Å². The van der Waals surface area contributed by atoms with Gasteiger partial charge < -0.3 is 10.2 Å². The fraction of sp³-hybridized carbons (Fsp3) is 1.00. The van der Waals surface area contributed by atoms with Crippen LogP contribution in [0.4, 0.5) is 0 Å². The Bertz CT molecular complexity index is 68.5. The second kappa shape index (κ2) is 14.4. The van der Waals surface area contributed by atoms with Crippen molar-refractivity contribution < 1.29 is 10.2 Å². The summed E-state index contributed by atoms with van der Waals surface area (Å²) in [6.45, 7) is 6.35. The van der Waals surface area contributed by atoms with E-state index in [0.717, 1.165) is 0 Å². The normalized spacial score (nSPS) is 16.4. The van der Waals surface area contributed by atoms with E-state index in [0.29, 0.717) is 12.5 Å². The third-order valence-electron chi connectivity index (χ3n) is 1.98. The van der Waals surface area contributed by atoms with Crippen LogP contribution >= 0.6 is 0 Å². The van der Waals surface area contributed by atoms with Crippen molar-refractivity contribution in [2.24, 2.45) is 5.92 Å². The Morgan fingerprint density at radius 2 is 1.38 bits per heavy atom. The van der Waals surface area contributed by atoms with Crippen LogP contribution in [0, 0.1) is 5.92 Å². The largest absolute Gasteiger partial charge is 0.397 e. The molecule has 1 aliphatic carbocycles. The molecule has 0 radical (unpaired) electrons. The summed E-state index contributed by atoms with van der Waals surface area (Å²) < 4.78 is 0. The van der Waals surface area contributed by atoms with Crippen molar-refractivity contribution in [1.29, 1.82) is 0 Å². The molecule has 0 unspecified atom stereocenters. The summed E-state index contributed by atoms with van der Waals surface area (Å²) in [5, 5.41) is 16.3. The lowest BCUT2D eigenvalue weighted by Gasteiger charge is -2.18. The standard InChI is InChI=1S/C7H14O.C2H6O.C2H6/c8-6-7-4-2-1-3-5-7;1-2-3;1-2/h7-8H,1-6H2;3H,2H2,1H3;1-2H3. The zero-order valence-corrected chi connectivity index (χ0v) is 9.42. The average Bonchev–Trinajstić information content (AvgIpc) is 2.23. The Hall–Kier alpha value is -0.0800. The number of hydrogen-bond donors (Lipinski definition) is 2. The summed E-state index contributed by atoms with van der Waals surface area (Å²) in [5.41, 5.74) is 0. The summed E-state index contributed by atoms with van der Waals surface area (Å²) >= 11 is 0. The molecule has 1 aliphatic rings. The number of aliphatic hydroxyl groups is 2. The van der Waals surface area contributed by atoms with Crippen LogP contribution in [0.5, 0.6) is 0 Å². The third-order valence-corrected chi connectivity index (χ3v) is 1.98. The van der Waals surface area contributed by atoms with E-state index < -0.39 is 0 Å². The molecular weight excluding hydrogens is 164 g/mol. The zero-order chi connectivity index (χ0) is 10.5. The lowest BCUT2D eigenvalue weighted by Crippen LogP contribution is -2.09. The van der Waals surface area contributed by atoms with Gasteiger partial charge in [-0.25, -0.2) is 0 Å². The second-order valence-corrected chi connectivity index (χ2v) is 3.00. The van der Waals surface area contributed by atoms with Crippen molar-refractivity contribution in [2.75, 3.05) is 13.2 Å². The van der Waals surface area contributed by atoms with Gasteiger partial charge in [0.05, 0.1) is 0 Å². The molecule has 0 aromatic carbocycles. The molecule has 0 spiro atoms. The highest BCUT2D eigenvalue weighted by Gasteiger charge is 2.10. The Labute approximate surface area is 83.0 Å². The van der Waals surface area contributed by atoms with Gasteiger partial charge in [-0.05, 0) is 25.7 Å². The third kappa shape index (κ3) is 11.9. The highest BCUT2D eigenvalue weighted by atomic mass is 16.3. The van der Waals surface area contributed by atoms with Gasteiger partial charge >= 0.3 is 0 Å². The molecule has 0 aromatic heterocycles. The summed E-state index contributed by atoms with van der Waals surface area (Å²) in [5.74, 6) is 0.642. The number of rotatable bonds is 1. The maximum atomic E-state index is 8.69. The van der Waals surface area contributed by atoms with E-state index in [2.05, 4.69) is 0 Å². The van der Waals surface area contributed by atoms with E-state index in [9.17, 15) is 0 Å². The zero-order valence-electron chi connectivity index (χ0n) is 9.42. The van der Waals surface area contributed by atoms with Gasteiger partial charge in [0.15, 0.2) is 0 Å². The minimum Gasteiger partial charge on any atom is -0.397 e. The first-order chi connectivity index (χ1) is 6.35. The van der Waals surface area contributed by atoms with Gasteiger partial charge in [0.1, 0.15) is 0 Å². The van der Waals surface area contributed by atoms with Crippen LogP contribution in [0.2, 0.25) is 0 Å². The van der Waals surface area contributed by atoms with Crippen molar-refractivity contribution in [3.8, 4) is 0 Å². The van der Waals surface area contributed by atoms with Gasteiger partial charge in [-0.15, -0.1) is 0 Å². The Balaban J connectivity index is 0. The maximum absolute atomic E-state index is 8.69. The molecule has 82 valence electrons. The molecule has 0 bridgehead atoms. The SMILES string of the molecule is CC.CCO.OCC1CCCCC1. The highest BCUT2D eigenvalue weighted by Crippen LogP contribution is 2.22. The summed E-state index contributed by atoms with van der Waals surface area (Å²) in [6.07, 6.45) is 6.58. The predicted octanol–water partition coefficient (Wildman–Crippen LogP) is 2.58. The van der Waals surface area contributed by atoms with E-state index in [-0.39, 0.29) is 6.61 Å². The second-order valence-electron chi connectivity index (χ2n) is 3.00. The highest BCUT2D eigenvalue weighted by molar-refractivity contribution is 4.63. The van der Waals surface area contributed by atoms with Crippen molar-refractivity contribution in [3.05, 3.63) is 0 Å². The quantitative estimate of drug-likeness (QED) is 0.667. The molecule has 1 fully saturated rings. The molecule has 13 heavy (non-hydrogen) atoms. The Morgan fingerprint density at radius 3 is 1.62 bits per heavy atom. The number of hydrogen-bond acceptors (Lipinski definition) is 2. The van der Waals surface area contributed by atoms with E-state index in [1.54, 1.807) is 6.92 Å². The molecule has 0 heterocycles. The summed E-state index contributed by atoms with van der Waals surface area (Å²) in [4.78, 5) is 0. The Morgan fingerprint density at radius 1 is 1.00 bits per heavy atom. The fourth-order valence-corrected chi connectivity index (χ4v) is 1.37. The van der Waals surface area contributed by atoms with Crippen LogP contribution in [-0.2, 0) is 0 Å². The summed E-state index contributed by atoms with van der Waals surface area (Å²) in [7, 11) is 0. The van der Waals surface area contributed by atoms with Gasteiger partial charge in [0.2, 0.25) is 0 Å². The molecule has 0 aliphatic heterocycles. The molecule has 1 saturated carbocycles. The van der Waals surface area contributed by atoms with Crippen LogP contribution in [0.1, 0.15) is 52.9 Å². The lowest BCUT2D eigenvalue weighted by atomic mass is 9.90. The van der Waals surface area contributed by atoms with E-state index in [4.69, 9.17) is 10.2 Å². The molecule has 0 atom stereocenters. The van der Waals surface area contributed by atoms with E-state index >= 15 is 0 Å². The predicted molar refractivity (Wildman–Crippen MR) is 57.8 cm³/mol. The molecule has 2 nitrogen and oxygen atoms in total. The maximum Gasteiger partial charge on any atom is 0.0459 e. The van der Waals surface area contributed by atoms with Crippen LogP contribution in [-0.4, -0.2) is 23.4 Å². The van der Waals surface area contributed by atoms with Crippen molar-refractivity contribution in [2.45, 2.75) is 52.9 Å². The van der Waals surface area contributed by atoms with Gasteiger partial charge in [-0.2, -0.15) is 0 Å². The number of aliphatic hydroxyl groups excluding tert-OH is 2. The molecule has 2 N–H and O–H groups in total. The topological polar surface area (TPSA) is 40.5 Å². The van der Waals surface area contributed by atoms with Gasteiger partial charge in [0.25, 0.3) is 0 Å². The van der Waals surface area contributed by atoms with Crippen molar-refractivity contribution in [1.82, 2.24) is 0 Å². The monoisotopic (exact) mass is 190 g/mol. The van der Waals surface area contributed by atoms with Gasteiger partial charge in [0, 0.05) is 13.2 Å². The molecule has 1 rings (SSSR count). The molecular formula is C11H26O2. The Kier molecular flexibility index (Phi) is 17.1. The minimum atomic E-state index is 0.250. The smallest absolute Gasteiger partial charge is 0.0459 e. The lowest BCUT2D eigenvalue weighted by molar-refractivity contribution is 0.190. The van der Waals surface area contributed by atoms with Gasteiger partial charge in [-0.3, -0.25) is 0 Å². The van der Waals surface area contributed by atoms with E-state index in [1.807, 2.05) is 13.8 Å². The molecule has 0 amide bonds.